The van der Waals surface area contributed by atoms with Crippen LogP contribution in [0, 0.1) is 0 Å². The molecule has 3 fully saturated rings. The van der Waals surface area contributed by atoms with Crippen LogP contribution < -0.4 is 10.6 Å². The van der Waals surface area contributed by atoms with Gasteiger partial charge in [0.05, 0.1) is 6.04 Å². The number of rotatable bonds is 3. The van der Waals surface area contributed by atoms with E-state index in [-0.39, 0.29) is 11.9 Å². The van der Waals surface area contributed by atoms with Crippen molar-refractivity contribution in [3.8, 4) is 0 Å². The van der Waals surface area contributed by atoms with Gasteiger partial charge in [-0.25, -0.2) is 0 Å². The summed E-state index contributed by atoms with van der Waals surface area (Å²) in [6, 6.07) is 1.32. The molecule has 0 spiro atoms. The average molecular weight is 223 g/mol. The molecule has 2 aliphatic heterocycles. The predicted octanol–water partition coefficient (Wildman–Crippen LogP) is 0.0913. The number of nitrogens with one attached hydrogen (secondary N) is 2. The van der Waals surface area contributed by atoms with Gasteiger partial charge in [-0.2, -0.15) is 0 Å². The molecule has 4 heteroatoms. The Morgan fingerprint density at radius 1 is 1.25 bits per heavy atom. The van der Waals surface area contributed by atoms with Gasteiger partial charge in [-0.1, -0.05) is 0 Å². The Balaban J connectivity index is 1.45. The third-order valence-corrected chi connectivity index (χ3v) is 4.01. The highest BCUT2D eigenvalue weighted by Gasteiger charge is 2.35. The zero-order valence-corrected chi connectivity index (χ0v) is 9.74. The van der Waals surface area contributed by atoms with Gasteiger partial charge in [-0.3, -0.25) is 9.69 Å². The molecule has 2 unspecified atom stereocenters. The smallest absolute Gasteiger partial charge is 0.237 e. The van der Waals surface area contributed by atoms with Crippen LogP contribution in [0.3, 0.4) is 0 Å². The van der Waals surface area contributed by atoms with Gasteiger partial charge in [-0.15, -0.1) is 0 Å². The lowest BCUT2D eigenvalue weighted by Gasteiger charge is -2.18. The Morgan fingerprint density at radius 2 is 2.12 bits per heavy atom. The van der Waals surface area contributed by atoms with Crippen molar-refractivity contribution < 1.29 is 4.79 Å². The molecule has 0 radical (unpaired) electrons. The standard InChI is InChI=1S/C12H21N3O/c16-12(11-2-1-6-13-11)14-9-5-7-15(8-9)10-3-4-10/h9-11,13H,1-8H2,(H,14,16). The largest absolute Gasteiger partial charge is 0.351 e. The lowest BCUT2D eigenvalue weighted by atomic mass is 10.2. The number of carbonyl (C=O) groups is 1. The van der Waals surface area contributed by atoms with Crippen LogP contribution in [0.1, 0.15) is 32.1 Å². The average Bonchev–Trinajstić information content (AvgIpc) is 2.82. The van der Waals surface area contributed by atoms with E-state index in [4.69, 9.17) is 0 Å². The van der Waals surface area contributed by atoms with Crippen LogP contribution >= 0.6 is 0 Å². The molecule has 1 aliphatic carbocycles. The van der Waals surface area contributed by atoms with Gasteiger partial charge < -0.3 is 10.6 Å². The Kier molecular flexibility index (Phi) is 2.86. The molecule has 2 N–H and O–H groups in total. The molecule has 1 amide bonds. The molecule has 3 rings (SSSR count). The molecule has 90 valence electrons. The summed E-state index contributed by atoms with van der Waals surface area (Å²) < 4.78 is 0. The summed E-state index contributed by atoms with van der Waals surface area (Å²) in [5, 5.41) is 6.44. The van der Waals surface area contributed by atoms with Gasteiger partial charge in [0.15, 0.2) is 0 Å². The van der Waals surface area contributed by atoms with Gasteiger partial charge in [0.25, 0.3) is 0 Å². The first kappa shape index (κ1) is 10.5. The number of nitrogens with zero attached hydrogens (tertiary/aromatic N) is 1. The molecule has 1 saturated carbocycles. The molecular formula is C12H21N3O. The van der Waals surface area contributed by atoms with Crippen molar-refractivity contribution in [1.82, 2.24) is 15.5 Å². The van der Waals surface area contributed by atoms with Crippen molar-refractivity contribution in [2.45, 2.75) is 50.2 Å². The maximum absolute atomic E-state index is 11.9. The van der Waals surface area contributed by atoms with Crippen LogP contribution in [-0.2, 0) is 4.79 Å². The minimum absolute atomic E-state index is 0.0787. The number of hydrogen-bond donors (Lipinski definition) is 2. The summed E-state index contributed by atoms with van der Waals surface area (Å²) in [5.74, 6) is 0.222. The molecular weight excluding hydrogens is 202 g/mol. The van der Waals surface area contributed by atoms with E-state index in [1.165, 1.54) is 19.4 Å². The topological polar surface area (TPSA) is 44.4 Å². The lowest BCUT2D eigenvalue weighted by molar-refractivity contribution is -0.123. The van der Waals surface area contributed by atoms with Crippen molar-refractivity contribution in [3.05, 3.63) is 0 Å². The highest BCUT2D eigenvalue weighted by molar-refractivity contribution is 5.82. The van der Waals surface area contributed by atoms with Gasteiger partial charge in [-0.05, 0) is 38.6 Å². The molecule has 2 atom stereocenters. The first-order chi connectivity index (χ1) is 7.83. The third kappa shape index (κ3) is 2.23. The maximum atomic E-state index is 11.9. The molecule has 0 aromatic rings. The quantitative estimate of drug-likeness (QED) is 0.713. The van der Waals surface area contributed by atoms with Gasteiger partial charge in [0.2, 0.25) is 5.91 Å². The highest BCUT2D eigenvalue weighted by Crippen LogP contribution is 2.29. The maximum Gasteiger partial charge on any atom is 0.237 e. The summed E-state index contributed by atoms with van der Waals surface area (Å²) in [5.41, 5.74) is 0. The Morgan fingerprint density at radius 3 is 2.81 bits per heavy atom. The van der Waals surface area contributed by atoms with Crippen molar-refractivity contribution in [3.63, 3.8) is 0 Å². The molecule has 2 heterocycles. The molecule has 3 aliphatic rings. The van der Waals surface area contributed by atoms with E-state index in [0.717, 1.165) is 38.4 Å². The second kappa shape index (κ2) is 4.34. The van der Waals surface area contributed by atoms with E-state index >= 15 is 0 Å². The highest BCUT2D eigenvalue weighted by atomic mass is 16.2. The molecule has 4 nitrogen and oxygen atoms in total. The van der Waals surface area contributed by atoms with E-state index < -0.39 is 0 Å². The fraction of sp³-hybridized carbons (Fsp3) is 0.917. The Hall–Kier alpha value is -0.610. The molecule has 0 bridgehead atoms. The minimum atomic E-state index is 0.0787. The number of amides is 1. The zero-order valence-electron chi connectivity index (χ0n) is 9.74. The summed E-state index contributed by atoms with van der Waals surface area (Å²) in [6.45, 7) is 3.24. The van der Waals surface area contributed by atoms with Crippen molar-refractivity contribution in [1.29, 1.82) is 0 Å². The monoisotopic (exact) mass is 223 g/mol. The van der Waals surface area contributed by atoms with Crippen LogP contribution in [0.2, 0.25) is 0 Å². The SMILES string of the molecule is O=C(NC1CCN(C2CC2)C1)C1CCCN1. The van der Waals surface area contributed by atoms with Crippen LogP contribution in [-0.4, -0.2) is 48.6 Å². The summed E-state index contributed by atoms with van der Waals surface area (Å²) >= 11 is 0. The number of likely N-dealkylation sites (tertiary alicyclic amines) is 1. The minimum Gasteiger partial charge on any atom is -0.351 e. The summed E-state index contributed by atoms with van der Waals surface area (Å²) in [7, 11) is 0. The van der Waals surface area contributed by atoms with Crippen molar-refractivity contribution >= 4 is 5.91 Å². The third-order valence-electron chi connectivity index (χ3n) is 4.01. The zero-order chi connectivity index (χ0) is 11.0. The first-order valence-electron chi connectivity index (χ1n) is 6.61. The second-order valence-corrected chi connectivity index (χ2v) is 5.37. The normalized spacial score (nSPS) is 35.5. The molecule has 0 aromatic heterocycles. The molecule has 16 heavy (non-hydrogen) atoms. The fourth-order valence-electron chi connectivity index (χ4n) is 2.89. The fourth-order valence-corrected chi connectivity index (χ4v) is 2.89. The first-order valence-corrected chi connectivity index (χ1v) is 6.61. The van der Waals surface area contributed by atoms with Crippen LogP contribution in [0.5, 0.6) is 0 Å². The van der Waals surface area contributed by atoms with Crippen LogP contribution in [0.15, 0.2) is 0 Å². The van der Waals surface area contributed by atoms with E-state index in [2.05, 4.69) is 15.5 Å². The Bertz CT molecular complexity index is 271. The molecule has 0 aromatic carbocycles. The van der Waals surface area contributed by atoms with E-state index in [1.807, 2.05) is 0 Å². The second-order valence-electron chi connectivity index (χ2n) is 5.37. The van der Waals surface area contributed by atoms with E-state index in [0.29, 0.717) is 6.04 Å². The number of hydrogen-bond acceptors (Lipinski definition) is 3. The summed E-state index contributed by atoms with van der Waals surface area (Å²) in [6.07, 6.45) is 6.01. The lowest BCUT2D eigenvalue weighted by Crippen LogP contribution is -2.46. The van der Waals surface area contributed by atoms with Gasteiger partial charge in [0.1, 0.15) is 0 Å². The molecule has 2 saturated heterocycles. The van der Waals surface area contributed by atoms with Gasteiger partial charge >= 0.3 is 0 Å². The van der Waals surface area contributed by atoms with Crippen LogP contribution in [0.25, 0.3) is 0 Å². The summed E-state index contributed by atoms with van der Waals surface area (Å²) in [4.78, 5) is 14.4. The van der Waals surface area contributed by atoms with Crippen LogP contribution in [0.4, 0.5) is 0 Å². The van der Waals surface area contributed by atoms with Gasteiger partial charge in [0, 0.05) is 25.2 Å². The Labute approximate surface area is 96.8 Å². The van der Waals surface area contributed by atoms with E-state index in [9.17, 15) is 4.79 Å². The van der Waals surface area contributed by atoms with Crippen molar-refractivity contribution in [2.75, 3.05) is 19.6 Å². The van der Waals surface area contributed by atoms with E-state index in [1.54, 1.807) is 0 Å². The number of carbonyl (C=O) groups excluding carboxylic acids is 1. The predicted molar refractivity (Wildman–Crippen MR) is 62.2 cm³/mol. The van der Waals surface area contributed by atoms with Crippen molar-refractivity contribution in [2.24, 2.45) is 0 Å².